The minimum atomic E-state index is -1.05. The third kappa shape index (κ3) is 3.63. The summed E-state index contributed by atoms with van der Waals surface area (Å²) in [5, 5.41) is 8.58. The summed E-state index contributed by atoms with van der Waals surface area (Å²) >= 11 is 0. The van der Waals surface area contributed by atoms with Crippen molar-refractivity contribution in [2.45, 2.75) is 18.9 Å². The van der Waals surface area contributed by atoms with E-state index in [4.69, 9.17) is 10.8 Å². The van der Waals surface area contributed by atoms with Gasteiger partial charge in [0.1, 0.15) is 6.04 Å². The van der Waals surface area contributed by atoms with Crippen LogP contribution in [0.1, 0.15) is 11.3 Å². The number of aliphatic carboxylic acids is 1. The zero-order valence-electron chi connectivity index (χ0n) is 8.19. The molecule has 4 nitrogen and oxygen atoms in total. The Balaban J connectivity index is 2.60. The molecule has 15 heavy (non-hydrogen) atoms. The summed E-state index contributed by atoms with van der Waals surface area (Å²) < 4.78 is 12.0. The highest BCUT2D eigenvalue weighted by Gasteiger charge is 2.12. The Hall–Kier alpha value is -1.49. The number of pyridine rings is 1. The molecule has 0 amide bonds. The van der Waals surface area contributed by atoms with Crippen LogP contribution < -0.4 is 5.73 Å². The summed E-state index contributed by atoms with van der Waals surface area (Å²) in [5.41, 5.74) is 6.75. The maximum absolute atomic E-state index is 12.0. The van der Waals surface area contributed by atoms with Crippen LogP contribution in [0.15, 0.2) is 18.3 Å². The van der Waals surface area contributed by atoms with Gasteiger partial charge in [-0.1, -0.05) is 6.07 Å². The van der Waals surface area contributed by atoms with Crippen LogP contribution >= 0.6 is 0 Å². The fourth-order valence-electron chi connectivity index (χ4n) is 1.15. The van der Waals surface area contributed by atoms with E-state index in [1.165, 1.54) is 0 Å². The molecular formula is C10H13FN2O2. The maximum Gasteiger partial charge on any atom is 0.320 e. The second-order valence-electron chi connectivity index (χ2n) is 3.25. The number of nitrogens with two attached hydrogens (primary N) is 1. The van der Waals surface area contributed by atoms with E-state index >= 15 is 0 Å². The van der Waals surface area contributed by atoms with Crippen molar-refractivity contribution >= 4 is 5.97 Å². The molecule has 1 heterocycles. The van der Waals surface area contributed by atoms with Crippen LogP contribution in [0.25, 0.3) is 0 Å². The van der Waals surface area contributed by atoms with Crippen molar-refractivity contribution in [3.8, 4) is 0 Å². The van der Waals surface area contributed by atoms with Crippen molar-refractivity contribution in [2.24, 2.45) is 5.73 Å². The largest absolute Gasteiger partial charge is 0.480 e. The predicted octanol–water partition coefficient (Wildman–Crippen LogP) is 0.548. The number of carbonyl (C=O) groups is 1. The molecule has 0 fully saturated rings. The average molecular weight is 211 g/mol. The Morgan fingerprint density at radius 1 is 1.60 bits per heavy atom. The van der Waals surface area contributed by atoms with Crippen LogP contribution in [0.3, 0.4) is 0 Å². The highest BCUT2D eigenvalue weighted by Crippen LogP contribution is 2.03. The number of alkyl halides is 1. The van der Waals surface area contributed by atoms with E-state index in [-0.39, 0.29) is 6.42 Å². The van der Waals surface area contributed by atoms with Gasteiger partial charge >= 0.3 is 5.97 Å². The Kier molecular flexibility index (Phi) is 4.17. The molecule has 0 aliphatic carbocycles. The highest BCUT2D eigenvalue weighted by molar-refractivity contribution is 5.73. The predicted molar refractivity (Wildman–Crippen MR) is 53.2 cm³/mol. The van der Waals surface area contributed by atoms with Gasteiger partial charge in [-0.05, 0) is 11.6 Å². The third-order valence-corrected chi connectivity index (χ3v) is 2.02. The summed E-state index contributed by atoms with van der Waals surface area (Å²) in [6, 6.07) is 2.47. The van der Waals surface area contributed by atoms with E-state index in [2.05, 4.69) is 4.98 Å². The van der Waals surface area contributed by atoms with Crippen molar-refractivity contribution in [1.82, 2.24) is 4.98 Å². The molecule has 0 saturated carbocycles. The van der Waals surface area contributed by atoms with Gasteiger partial charge in [0.25, 0.3) is 0 Å². The molecule has 0 bridgehead atoms. The summed E-state index contributed by atoms with van der Waals surface area (Å²) in [6.45, 7) is -0.421. The first kappa shape index (κ1) is 11.6. The van der Waals surface area contributed by atoms with E-state index in [0.29, 0.717) is 12.1 Å². The average Bonchev–Trinajstić information content (AvgIpc) is 2.21. The minimum Gasteiger partial charge on any atom is -0.480 e. The number of aromatic nitrogens is 1. The fraction of sp³-hybridized carbons (Fsp3) is 0.400. The Bertz CT molecular complexity index is 327. The number of carboxylic acid groups (broad SMARTS) is 1. The fourth-order valence-corrected chi connectivity index (χ4v) is 1.15. The second kappa shape index (κ2) is 5.41. The first-order chi connectivity index (χ1) is 7.13. The smallest absolute Gasteiger partial charge is 0.320 e. The Morgan fingerprint density at radius 2 is 2.33 bits per heavy atom. The van der Waals surface area contributed by atoms with Crippen molar-refractivity contribution in [1.29, 1.82) is 0 Å². The number of nitrogens with zero attached hydrogens (tertiary/aromatic N) is 1. The molecule has 1 unspecified atom stereocenters. The van der Waals surface area contributed by atoms with Crippen LogP contribution in [0, 0.1) is 0 Å². The standard InChI is InChI=1S/C10H13FN2O2/c11-4-3-7-1-2-8(13-6-7)5-9(12)10(14)15/h1-2,6,9H,3-5,12H2,(H,14,15)/i11-1. The molecule has 1 atom stereocenters. The Morgan fingerprint density at radius 3 is 2.80 bits per heavy atom. The van der Waals surface area contributed by atoms with E-state index < -0.39 is 18.7 Å². The quantitative estimate of drug-likeness (QED) is 0.745. The van der Waals surface area contributed by atoms with Crippen molar-refractivity contribution in [3.63, 3.8) is 0 Å². The van der Waals surface area contributed by atoms with Crippen LogP contribution in [0.2, 0.25) is 0 Å². The van der Waals surface area contributed by atoms with Crippen LogP contribution in [0.4, 0.5) is 4.39 Å². The lowest BCUT2D eigenvalue weighted by Crippen LogP contribution is -2.32. The lowest BCUT2D eigenvalue weighted by molar-refractivity contribution is -0.138. The topological polar surface area (TPSA) is 76.2 Å². The van der Waals surface area contributed by atoms with E-state index in [9.17, 15) is 9.18 Å². The second-order valence-corrected chi connectivity index (χ2v) is 3.25. The summed E-state index contributed by atoms with van der Waals surface area (Å²) in [6.07, 6.45) is 2.06. The highest BCUT2D eigenvalue weighted by atomic mass is 18.2. The van der Waals surface area contributed by atoms with Crippen LogP contribution in [0.5, 0.6) is 0 Å². The lowest BCUT2D eigenvalue weighted by Gasteiger charge is -2.05. The molecule has 1 aromatic heterocycles. The monoisotopic (exact) mass is 211 g/mol. The van der Waals surface area contributed by atoms with E-state index in [1.807, 2.05) is 0 Å². The SMILES string of the molecule is NC(Cc1ccc(CC[18F])cn1)C(=O)O. The number of halogens is 1. The van der Waals surface area contributed by atoms with Gasteiger partial charge in [-0.2, -0.15) is 0 Å². The summed E-state index contributed by atoms with van der Waals surface area (Å²) in [5.74, 6) is -1.05. The first-order valence-corrected chi connectivity index (χ1v) is 4.61. The molecule has 0 aliphatic rings. The Labute approximate surface area is 86.9 Å². The van der Waals surface area contributed by atoms with Crippen LogP contribution in [-0.4, -0.2) is 28.8 Å². The maximum atomic E-state index is 12.0. The van der Waals surface area contributed by atoms with Crippen molar-refractivity contribution < 1.29 is 14.3 Å². The molecule has 0 saturated heterocycles. The number of hydrogen-bond acceptors (Lipinski definition) is 3. The molecule has 0 spiro atoms. The summed E-state index contributed by atoms with van der Waals surface area (Å²) in [4.78, 5) is 14.5. The van der Waals surface area contributed by atoms with Gasteiger partial charge in [0.2, 0.25) is 0 Å². The van der Waals surface area contributed by atoms with Crippen molar-refractivity contribution in [3.05, 3.63) is 29.6 Å². The van der Waals surface area contributed by atoms with Gasteiger partial charge in [-0.15, -0.1) is 0 Å². The molecule has 0 aliphatic heterocycles. The normalized spacial score (nSPS) is 12.4. The van der Waals surface area contributed by atoms with Crippen LogP contribution in [-0.2, 0) is 17.6 Å². The molecule has 1 aromatic rings. The van der Waals surface area contributed by atoms with Gasteiger partial charge in [0, 0.05) is 24.7 Å². The van der Waals surface area contributed by atoms with Crippen molar-refractivity contribution in [2.75, 3.05) is 6.67 Å². The molecule has 0 radical (unpaired) electrons. The van der Waals surface area contributed by atoms with Gasteiger partial charge in [-0.3, -0.25) is 14.2 Å². The number of hydrogen-bond donors (Lipinski definition) is 2. The first-order valence-electron chi connectivity index (χ1n) is 4.61. The number of rotatable bonds is 5. The lowest BCUT2D eigenvalue weighted by atomic mass is 10.1. The molecule has 3 N–H and O–H groups in total. The zero-order chi connectivity index (χ0) is 11.3. The van der Waals surface area contributed by atoms with Gasteiger partial charge in [0.05, 0.1) is 6.67 Å². The van der Waals surface area contributed by atoms with E-state index in [1.54, 1.807) is 18.3 Å². The summed E-state index contributed by atoms with van der Waals surface area (Å²) in [7, 11) is 0. The minimum absolute atomic E-state index is 0.186. The number of aryl methyl sites for hydroxylation is 1. The molecular weight excluding hydrogens is 198 g/mol. The number of carboxylic acids is 1. The molecule has 0 aromatic carbocycles. The van der Waals surface area contributed by atoms with Gasteiger partial charge in [-0.25, -0.2) is 0 Å². The van der Waals surface area contributed by atoms with Gasteiger partial charge < -0.3 is 10.8 Å². The zero-order valence-corrected chi connectivity index (χ0v) is 8.19. The van der Waals surface area contributed by atoms with E-state index in [0.717, 1.165) is 5.56 Å². The molecule has 5 heteroatoms. The molecule has 1 rings (SSSR count). The molecule has 82 valence electrons. The third-order valence-electron chi connectivity index (χ3n) is 2.02. The van der Waals surface area contributed by atoms with Gasteiger partial charge in [0.15, 0.2) is 0 Å².